The molecule has 1 rings (SSSR count). The van der Waals surface area contributed by atoms with Crippen molar-refractivity contribution in [1.82, 2.24) is 5.32 Å². The Balaban J connectivity index is 2.33. The second kappa shape index (κ2) is 5.86. The van der Waals surface area contributed by atoms with Crippen LogP contribution in [0.1, 0.15) is 47.0 Å². The van der Waals surface area contributed by atoms with E-state index in [1.165, 1.54) is 6.42 Å². The maximum Gasteiger partial charge on any atom is 0.0693 e. The Hall–Kier alpha value is -0.0800. The lowest BCUT2D eigenvalue weighted by molar-refractivity contribution is 0.140. The summed E-state index contributed by atoms with van der Waals surface area (Å²) in [5.74, 6) is 2.16. The summed E-state index contributed by atoms with van der Waals surface area (Å²) in [6.07, 6.45) is 3.19. The van der Waals surface area contributed by atoms with Crippen molar-refractivity contribution in [2.24, 2.45) is 17.8 Å². The summed E-state index contributed by atoms with van der Waals surface area (Å²) < 4.78 is 0. The predicted octanol–water partition coefficient (Wildman–Crippen LogP) is 2.42. The van der Waals surface area contributed by atoms with Crippen LogP contribution in [0.4, 0.5) is 0 Å². The summed E-state index contributed by atoms with van der Waals surface area (Å²) in [7, 11) is 0. The highest BCUT2D eigenvalue weighted by Crippen LogP contribution is 2.22. The highest BCUT2D eigenvalue weighted by molar-refractivity contribution is 4.84. The molecule has 0 unspecified atom stereocenters. The quantitative estimate of drug-likeness (QED) is 0.735. The molecule has 0 saturated heterocycles. The molecule has 0 heterocycles. The Kier molecular flexibility index (Phi) is 5.07. The standard InChI is InChI=1S/C13H27NO/c1-9(2)11(10(3)4)8-14-12-6-5-7-13(12)15/h9-15H,5-8H2,1-4H3/t12-,13-/m1/s1. The third-order valence-corrected chi connectivity index (χ3v) is 3.81. The van der Waals surface area contributed by atoms with Gasteiger partial charge in [0.15, 0.2) is 0 Å². The molecule has 0 aromatic carbocycles. The van der Waals surface area contributed by atoms with Gasteiger partial charge in [0.1, 0.15) is 0 Å². The molecule has 2 N–H and O–H groups in total. The first-order valence-corrected chi connectivity index (χ1v) is 6.43. The van der Waals surface area contributed by atoms with E-state index in [0.717, 1.165) is 37.1 Å². The van der Waals surface area contributed by atoms with Gasteiger partial charge >= 0.3 is 0 Å². The van der Waals surface area contributed by atoms with Crippen LogP contribution in [-0.2, 0) is 0 Å². The van der Waals surface area contributed by atoms with Crippen LogP contribution in [0.15, 0.2) is 0 Å². The first-order valence-electron chi connectivity index (χ1n) is 6.43. The SMILES string of the molecule is CC(C)C(CN[C@@H]1CCC[C@H]1O)C(C)C. The molecule has 90 valence electrons. The summed E-state index contributed by atoms with van der Waals surface area (Å²) in [5.41, 5.74) is 0. The van der Waals surface area contributed by atoms with Gasteiger partial charge in [-0.05, 0) is 43.6 Å². The number of aliphatic hydroxyl groups is 1. The molecule has 2 atom stereocenters. The monoisotopic (exact) mass is 213 g/mol. The Morgan fingerprint density at radius 2 is 1.73 bits per heavy atom. The number of rotatable bonds is 5. The van der Waals surface area contributed by atoms with Crippen LogP contribution in [-0.4, -0.2) is 23.8 Å². The van der Waals surface area contributed by atoms with Gasteiger partial charge in [0.2, 0.25) is 0 Å². The molecule has 1 aliphatic carbocycles. The molecule has 2 nitrogen and oxygen atoms in total. The zero-order valence-electron chi connectivity index (χ0n) is 10.7. The second-order valence-corrected chi connectivity index (χ2v) is 5.66. The maximum absolute atomic E-state index is 9.72. The third kappa shape index (κ3) is 3.76. The summed E-state index contributed by atoms with van der Waals surface area (Å²) in [6, 6.07) is 0.352. The molecule has 0 amide bonds. The van der Waals surface area contributed by atoms with E-state index in [9.17, 15) is 5.11 Å². The third-order valence-electron chi connectivity index (χ3n) is 3.81. The number of aliphatic hydroxyl groups excluding tert-OH is 1. The van der Waals surface area contributed by atoms with Crippen molar-refractivity contribution < 1.29 is 5.11 Å². The minimum Gasteiger partial charge on any atom is -0.392 e. The summed E-state index contributed by atoms with van der Waals surface area (Å²) in [4.78, 5) is 0. The normalized spacial score (nSPS) is 27.2. The van der Waals surface area contributed by atoms with Gasteiger partial charge in [-0.2, -0.15) is 0 Å². The summed E-state index contributed by atoms with van der Waals surface area (Å²) >= 11 is 0. The smallest absolute Gasteiger partial charge is 0.0693 e. The fourth-order valence-corrected chi connectivity index (χ4v) is 2.71. The van der Waals surface area contributed by atoms with Crippen LogP contribution in [0.5, 0.6) is 0 Å². The molecule has 2 heteroatoms. The second-order valence-electron chi connectivity index (χ2n) is 5.66. The average Bonchev–Trinajstić information content (AvgIpc) is 2.51. The largest absolute Gasteiger partial charge is 0.392 e. The van der Waals surface area contributed by atoms with Crippen LogP contribution in [0, 0.1) is 17.8 Å². The van der Waals surface area contributed by atoms with Crippen LogP contribution >= 0.6 is 0 Å². The Bertz CT molecular complexity index is 171. The van der Waals surface area contributed by atoms with Crippen molar-refractivity contribution in [3.8, 4) is 0 Å². The van der Waals surface area contributed by atoms with Gasteiger partial charge in [0.05, 0.1) is 6.10 Å². The molecule has 1 aliphatic rings. The minimum absolute atomic E-state index is 0.107. The fraction of sp³-hybridized carbons (Fsp3) is 1.00. The van der Waals surface area contributed by atoms with Crippen molar-refractivity contribution in [3.05, 3.63) is 0 Å². The van der Waals surface area contributed by atoms with E-state index in [1.54, 1.807) is 0 Å². The molecular formula is C13H27NO. The maximum atomic E-state index is 9.72. The van der Waals surface area contributed by atoms with E-state index in [2.05, 4.69) is 33.0 Å². The molecule has 0 aliphatic heterocycles. The van der Waals surface area contributed by atoms with Crippen molar-refractivity contribution in [2.45, 2.75) is 59.1 Å². The Labute approximate surface area is 94.5 Å². The first-order chi connectivity index (χ1) is 7.02. The van der Waals surface area contributed by atoms with E-state index in [4.69, 9.17) is 0 Å². The van der Waals surface area contributed by atoms with E-state index < -0.39 is 0 Å². The number of hydrogen-bond acceptors (Lipinski definition) is 2. The van der Waals surface area contributed by atoms with Crippen LogP contribution in [0.25, 0.3) is 0 Å². The predicted molar refractivity (Wildman–Crippen MR) is 64.8 cm³/mol. The van der Waals surface area contributed by atoms with Gasteiger partial charge in [0.25, 0.3) is 0 Å². The van der Waals surface area contributed by atoms with Crippen molar-refractivity contribution in [1.29, 1.82) is 0 Å². The van der Waals surface area contributed by atoms with Gasteiger partial charge < -0.3 is 10.4 Å². The number of nitrogens with one attached hydrogen (secondary N) is 1. The van der Waals surface area contributed by atoms with Crippen LogP contribution < -0.4 is 5.32 Å². The topological polar surface area (TPSA) is 32.3 Å². The summed E-state index contributed by atoms with van der Waals surface area (Å²) in [5, 5.41) is 13.3. The lowest BCUT2D eigenvalue weighted by atomic mass is 9.85. The van der Waals surface area contributed by atoms with Gasteiger partial charge in [-0.25, -0.2) is 0 Å². The molecule has 1 saturated carbocycles. The molecule has 0 aromatic rings. The number of hydrogen-bond donors (Lipinski definition) is 2. The zero-order valence-corrected chi connectivity index (χ0v) is 10.7. The van der Waals surface area contributed by atoms with Crippen LogP contribution in [0.3, 0.4) is 0 Å². The van der Waals surface area contributed by atoms with E-state index in [1.807, 2.05) is 0 Å². The Morgan fingerprint density at radius 1 is 1.13 bits per heavy atom. The molecule has 0 spiro atoms. The van der Waals surface area contributed by atoms with E-state index >= 15 is 0 Å². The van der Waals surface area contributed by atoms with Gasteiger partial charge in [0, 0.05) is 6.04 Å². The molecule has 1 fully saturated rings. The molecule has 0 aromatic heterocycles. The minimum atomic E-state index is -0.107. The van der Waals surface area contributed by atoms with Crippen molar-refractivity contribution >= 4 is 0 Å². The van der Waals surface area contributed by atoms with Gasteiger partial charge in [-0.3, -0.25) is 0 Å². The fourth-order valence-electron chi connectivity index (χ4n) is 2.71. The Morgan fingerprint density at radius 3 is 2.13 bits per heavy atom. The molecule has 15 heavy (non-hydrogen) atoms. The van der Waals surface area contributed by atoms with Crippen LogP contribution in [0.2, 0.25) is 0 Å². The molecule has 0 bridgehead atoms. The lowest BCUT2D eigenvalue weighted by Gasteiger charge is -2.27. The highest BCUT2D eigenvalue weighted by Gasteiger charge is 2.26. The van der Waals surface area contributed by atoms with Gasteiger partial charge in [-0.1, -0.05) is 27.7 Å². The highest BCUT2D eigenvalue weighted by atomic mass is 16.3. The van der Waals surface area contributed by atoms with Gasteiger partial charge in [-0.15, -0.1) is 0 Å². The lowest BCUT2D eigenvalue weighted by Crippen LogP contribution is -2.40. The average molecular weight is 213 g/mol. The van der Waals surface area contributed by atoms with E-state index in [0.29, 0.717) is 6.04 Å². The summed E-state index contributed by atoms with van der Waals surface area (Å²) in [6.45, 7) is 10.2. The molecular weight excluding hydrogens is 186 g/mol. The van der Waals surface area contributed by atoms with Crippen molar-refractivity contribution in [3.63, 3.8) is 0 Å². The van der Waals surface area contributed by atoms with Crippen molar-refractivity contribution in [2.75, 3.05) is 6.54 Å². The first kappa shape index (κ1) is 13.0. The van der Waals surface area contributed by atoms with E-state index in [-0.39, 0.29) is 6.10 Å². The zero-order chi connectivity index (χ0) is 11.4. The molecule has 0 radical (unpaired) electrons.